The highest BCUT2D eigenvalue weighted by Crippen LogP contribution is 2.44. The number of hydrogen-bond acceptors (Lipinski definition) is 0. The SMILES string of the molecule is CCC(F)(F)C1CCC(C(C)(F)F)CC1. The highest BCUT2D eigenvalue weighted by atomic mass is 19.3. The Labute approximate surface area is 88.0 Å². The summed E-state index contributed by atoms with van der Waals surface area (Å²) < 4.78 is 52.4. The first-order valence-corrected chi connectivity index (χ1v) is 5.53. The molecule has 90 valence electrons. The van der Waals surface area contributed by atoms with E-state index in [1.807, 2.05) is 0 Å². The molecule has 0 spiro atoms. The Morgan fingerprint density at radius 2 is 1.33 bits per heavy atom. The number of halogens is 4. The molecule has 0 radical (unpaired) electrons. The topological polar surface area (TPSA) is 0 Å². The van der Waals surface area contributed by atoms with Gasteiger partial charge in [-0.3, -0.25) is 0 Å². The number of alkyl halides is 4. The molecule has 0 aliphatic heterocycles. The van der Waals surface area contributed by atoms with Gasteiger partial charge in [0.1, 0.15) is 0 Å². The standard InChI is InChI=1S/C11H18F4/c1-3-11(14,15)9-6-4-8(5-7-9)10(2,12)13/h8-9H,3-7H2,1-2H3. The van der Waals surface area contributed by atoms with Crippen molar-refractivity contribution in [2.75, 3.05) is 0 Å². The maximum absolute atomic E-state index is 13.3. The van der Waals surface area contributed by atoms with Crippen molar-refractivity contribution >= 4 is 0 Å². The second-order valence-corrected chi connectivity index (χ2v) is 4.62. The van der Waals surface area contributed by atoms with Crippen molar-refractivity contribution in [3.05, 3.63) is 0 Å². The van der Waals surface area contributed by atoms with Crippen LogP contribution in [0.3, 0.4) is 0 Å². The molecule has 0 nitrogen and oxygen atoms in total. The van der Waals surface area contributed by atoms with E-state index in [0.29, 0.717) is 0 Å². The van der Waals surface area contributed by atoms with Crippen LogP contribution in [0, 0.1) is 11.8 Å². The molecule has 0 aromatic heterocycles. The van der Waals surface area contributed by atoms with Crippen molar-refractivity contribution in [1.82, 2.24) is 0 Å². The molecule has 4 heteroatoms. The first-order chi connectivity index (χ1) is 6.77. The van der Waals surface area contributed by atoms with Crippen molar-refractivity contribution in [3.8, 4) is 0 Å². The van der Waals surface area contributed by atoms with Gasteiger partial charge in [0.05, 0.1) is 0 Å². The van der Waals surface area contributed by atoms with E-state index >= 15 is 0 Å². The quantitative estimate of drug-likeness (QED) is 0.622. The zero-order valence-corrected chi connectivity index (χ0v) is 9.20. The van der Waals surface area contributed by atoms with Gasteiger partial charge in [-0.05, 0) is 32.6 Å². The molecule has 0 atom stereocenters. The first kappa shape index (κ1) is 12.8. The molecule has 1 aliphatic carbocycles. The summed E-state index contributed by atoms with van der Waals surface area (Å²) in [5.41, 5.74) is 0. The van der Waals surface area contributed by atoms with E-state index in [-0.39, 0.29) is 32.1 Å². The minimum absolute atomic E-state index is 0.190. The van der Waals surface area contributed by atoms with Crippen LogP contribution in [-0.2, 0) is 0 Å². The lowest BCUT2D eigenvalue weighted by molar-refractivity contribution is -0.106. The Balaban J connectivity index is 2.50. The van der Waals surface area contributed by atoms with E-state index in [0.717, 1.165) is 6.92 Å². The Kier molecular flexibility index (Phi) is 3.67. The highest BCUT2D eigenvalue weighted by molar-refractivity contribution is 4.85. The van der Waals surface area contributed by atoms with Crippen LogP contribution in [0.1, 0.15) is 46.0 Å². The van der Waals surface area contributed by atoms with Gasteiger partial charge >= 0.3 is 0 Å². The maximum Gasteiger partial charge on any atom is 0.250 e. The molecule has 15 heavy (non-hydrogen) atoms. The fourth-order valence-corrected chi connectivity index (χ4v) is 2.31. The molecule has 0 amide bonds. The Hall–Kier alpha value is -0.280. The zero-order chi connectivity index (χ0) is 11.7. The summed E-state index contributed by atoms with van der Waals surface area (Å²) in [5, 5.41) is 0. The fourth-order valence-electron chi connectivity index (χ4n) is 2.31. The molecule has 0 aromatic carbocycles. The molecular weight excluding hydrogens is 208 g/mol. The smallest absolute Gasteiger partial charge is 0.207 e. The molecule has 1 rings (SSSR count). The van der Waals surface area contributed by atoms with E-state index in [4.69, 9.17) is 0 Å². The van der Waals surface area contributed by atoms with E-state index in [1.54, 1.807) is 0 Å². The van der Waals surface area contributed by atoms with Crippen molar-refractivity contribution in [3.63, 3.8) is 0 Å². The second-order valence-electron chi connectivity index (χ2n) is 4.62. The lowest BCUT2D eigenvalue weighted by Gasteiger charge is -2.35. The van der Waals surface area contributed by atoms with Gasteiger partial charge in [0.2, 0.25) is 5.92 Å². The Morgan fingerprint density at radius 3 is 1.67 bits per heavy atom. The summed E-state index contributed by atoms with van der Waals surface area (Å²) in [5.74, 6) is -6.79. The molecule has 1 saturated carbocycles. The zero-order valence-electron chi connectivity index (χ0n) is 9.20. The fraction of sp³-hybridized carbons (Fsp3) is 1.00. The van der Waals surface area contributed by atoms with Crippen LogP contribution in [-0.4, -0.2) is 11.8 Å². The van der Waals surface area contributed by atoms with Crippen LogP contribution in [0.5, 0.6) is 0 Å². The number of hydrogen-bond donors (Lipinski definition) is 0. The molecular formula is C11H18F4. The summed E-state index contributed by atoms with van der Waals surface area (Å²) in [4.78, 5) is 0. The predicted octanol–water partition coefficient (Wildman–Crippen LogP) is 4.49. The van der Waals surface area contributed by atoms with Gasteiger partial charge < -0.3 is 0 Å². The molecule has 0 unspecified atom stereocenters. The van der Waals surface area contributed by atoms with E-state index in [2.05, 4.69) is 0 Å². The van der Waals surface area contributed by atoms with Gasteiger partial charge in [-0.15, -0.1) is 0 Å². The van der Waals surface area contributed by atoms with E-state index in [1.165, 1.54) is 6.92 Å². The van der Waals surface area contributed by atoms with Crippen LogP contribution in [0.15, 0.2) is 0 Å². The Bertz CT molecular complexity index is 199. The van der Waals surface area contributed by atoms with Crippen molar-refractivity contribution in [2.24, 2.45) is 11.8 Å². The minimum Gasteiger partial charge on any atom is -0.207 e. The highest BCUT2D eigenvalue weighted by Gasteiger charge is 2.44. The molecule has 0 saturated heterocycles. The van der Waals surface area contributed by atoms with E-state index < -0.39 is 23.7 Å². The monoisotopic (exact) mass is 226 g/mol. The van der Waals surface area contributed by atoms with Crippen molar-refractivity contribution in [1.29, 1.82) is 0 Å². The van der Waals surface area contributed by atoms with Crippen LogP contribution in [0.4, 0.5) is 17.6 Å². The lowest BCUT2D eigenvalue weighted by atomic mass is 9.76. The first-order valence-electron chi connectivity index (χ1n) is 5.53. The lowest BCUT2D eigenvalue weighted by Crippen LogP contribution is -2.35. The van der Waals surface area contributed by atoms with Crippen LogP contribution in [0.2, 0.25) is 0 Å². The molecule has 1 fully saturated rings. The number of rotatable bonds is 3. The summed E-state index contributed by atoms with van der Waals surface area (Å²) in [6, 6.07) is 0. The van der Waals surface area contributed by atoms with E-state index in [9.17, 15) is 17.6 Å². The summed E-state index contributed by atoms with van der Waals surface area (Å²) >= 11 is 0. The van der Waals surface area contributed by atoms with Gasteiger partial charge in [-0.2, -0.15) is 0 Å². The van der Waals surface area contributed by atoms with Gasteiger partial charge in [0.15, 0.2) is 0 Å². The third-order valence-electron chi connectivity index (χ3n) is 3.51. The molecule has 0 aromatic rings. The predicted molar refractivity (Wildman–Crippen MR) is 51.3 cm³/mol. The van der Waals surface area contributed by atoms with Gasteiger partial charge in [0, 0.05) is 18.3 Å². The normalized spacial score (nSPS) is 29.2. The summed E-state index contributed by atoms with van der Waals surface area (Å²) in [6.45, 7) is 2.33. The Morgan fingerprint density at radius 1 is 0.933 bits per heavy atom. The second kappa shape index (κ2) is 4.30. The summed E-state index contributed by atoms with van der Waals surface area (Å²) in [6.07, 6.45) is 0.724. The van der Waals surface area contributed by atoms with Gasteiger partial charge in [0.25, 0.3) is 5.92 Å². The van der Waals surface area contributed by atoms with Gasteiger partial charge in [-0.1, -0.05) is 6.92 Å². The molecule has 1 aliphatic rings. The molecule has 0 heterocycles. The van der Waals surface area contributed by atoms with Crippen molar-refractivity contribution < 1.29 is 17.6 Å². The summed E-state index contributed by atoms with van der Waals surface area (Å²) in [7, 11) is 0. The average Bonchev–Trinajstić information content (AvgIpc) is 2.17. The van der Waals surface area contributed by atoms with Crippen LogP contribution in [0.25, 0.3) is 0 Å². The average molecular weight is 226 g/mol. The minimum atomic E-state index is -2.72. The van der Waals surface area contributed by atoms with Crippen LogP contribution >= 0.6 is 0 Å². The van der Waals surface area contributed by atoms with Crippen LogP contribution < -0.4 is 0 Å². The molecule has 0 N–H and O–H groups in total. The van der Waals surface area contributed by atoms with Gasteiger partial charge in [-0.25, -0.2) is 17.6 Å². The maximum atomic E-state index is 13.3. The third-order valence-corrected chi connectivity index (χ3v) is 3.51. The van der Waals surface area contributed by atoms with Crippen molar-refractivity contribution in [2.45, 2.75) is 57.8 Å². The molecule has 0 bridgehead atoms. The largest absolute Gasteiger partial charge is 0.250 e. The third kappa shape index (κ3) is 3.08.